The first kappa shape index (κ1) is 24.0. The minimum absolute atomic E-state index is 0.0366. The Hall–Kier alpha value is -3.69. The molecule has 7 nitrogen and oxygen atoms in total. The molecule has 0 saturated carbocycles. The number of rotatable bonds is 7. The van der Waals surface area contributed by atoms with Crippen LogP contribution >= 0.6 is 0 Å². The van der Waals surface area contributed by atoms with Gasteiger partial charge >= 0.3 is 6.18 Å². The summed E-state index contributed by atoms with van der Waals surface area (Å²) in [6.45, 7) is 5.69. The summed E-state index contributed by atoms with van der Waals surface area (Å²) in [4.78, 5) is 34.9. The minimum Gasteiger partial charge on any atom is -0.478 e. The zero-order valence-corrected chi connectivity index (χ0v) is 18.3. The van der Waals surface area contributed by atoms with Gasteiger partial charge in [-0.2, -0.15) is 13.2 Å². The molecule has 3 aromatic rings. The summed E-state index contributed by atoms with van der Waals surface area (Å²) in [6, 6.07) is 7.85. The first-order valence-electron chi connectivity index (χ1n) is 10.3. The fourth-order valence-electron chi connectivity index (χ4n) is 3.04. The molecule has 33 heavy (non-hydrogen) atoms. The Morgan fingerprint density at radius 1 is 1.18 bits per heavy atom. The number of amides is 1. The van der Waals surface area contributed by atoms with Gasteiger partial charge in [0.1, 0.15) is 5.82 Å². The highest BCUT2D eigenvalue weighted by atomic mass is 19.4. The van der Waals surface area contributed by atoms with E-state index in [1.165, 1.54) is 24.4 Å². The molecule has 0 unspecified atom stereocenters. The number of alkyl halides is 3. The van der Waals surface area contributed by atoms with Crippen LogP contribution in [0, 0.1) is 5.92 Å². The van der Waals surface area contributed by atoms with E-state index in [4.69, 9.17) is 4.74 Å². The number of aromatic nitrogens is 3. The van der Waals surface area contributed by atoms with E-state index in [0.29, 0.717) is 23.6 Å². The summed E-state index contributed by atoms with van der Waals surface area (Å²) in [7, 11) is 0. The van der Waals surface area contributed by atoms with Gasteiger partial charge in [-0.15, -0.1) is 0 Å². The average molecular weight is 460 g/mol. The Morgan fingerprint density at radius 3 is 2.55 bits per heavy atom. The summed E-state index contributed by atoms with van der Waals surface area (Å²) in [6.07, 6.45) is -3.25. The highest BCUT2D eigenvalue weighted by Gasteiger charge is 2.34. The van der Waals surface area contributed by atoms with Gasteiger partial charge in [-0.05, 0) is 30.7 Å². The number of aromatic amines is 1. The molecule has 0 saturated heterocycles. The monoisotopic (exact) mass is 460 g/mol. The number of nitrogens with one attached hydrogen (secondary N) is 2. The van der Waals surface area contributed by atoms with Crippen molar-refractivity contribution in [2.45, 2.75) is 33.5 Å². The SMILES string of the molecule is CCOc1ccc(-c2cc(=O)[nH]c(-c3cc(CNC(=O)C(C)C)ccc3C(F)(F)F)n2)cn1. The van der Waals surface area contributed by atoms with Gasteiger partial charge in [0.2, 0.25) is 11.8 Å². The van der Waals surface area contributed by atoms with Crippen LogP contribution in [0.1, 0.15) is 31.9 Å². The molecule has 0 fully saturated rings. The summed E-state index contributed by atoms with van der Waals surface area (Å²) >= 11 is 0. The molecule has 2 heterocycles. The third-order valence-electron chi connectivity index (χ3n) is 4.70. The Balaban J connectivity index is 2.05. The molecule has 0 spiro atoms. The normalized spacial score (nSPS) is 11.5. The van der Waals surface area contributed by atoms with Crippen LogP contribution in [0.5, 0.6) is 5.88 Å². The van der Waals surface area contributed by atoms with Gasteiger partial charge in [0, 0.05) is 41.9 Å². The van der Waals surface area contributed by atoms with Crippen LogP contribution in [0.3, 0.4) is 0 Å². The number of hydrogen-bond acceptors (Lipinski definition) is 5. The number of pyridine rings is 1. The first-order chi connectivity index (χ1) is 15.6. The molecule has 1 amide bonds. The van der Waals surface area contributed by atoms with Crippen molar-refractivity contribution in [2.24, 2.45) is 5.92 Å². The molecular formula is C23H23F3N4O3. The van der Waals surface area contributed by atoms with Crippen molar-refractivity contribution in [3.63, 3.8) is 0 Å². The smallest absolute Gasteiger partial charge is 0.417 e. The topological polar surface area (TPSA) is 97.0 Å². The molecular weight excluding hydrogens is 437 g/mol. The maximum Gasteiger partial charge on any atom is 0.417 e. The van der Waals surface area contributed by atoms with Gasteiger partial charge < -0.3 is 15.0 Å². The third kappa shape index (κ3) is 5.97. The van der Waals surface area contributed by atoms with E-state index >= 15 is 0 Å². The van der Waals surface area contributed by atoms with Gasteiger partial charge in [0.05, 0.1) is 17.9 Å². The Morgan fingerprint density at radius 2 is 1.94 bits per heavy atom. The predicted molar refractivity (Wildman–Crippen MR) is 116 cm³/mol. The number of benzene rings is 1. The standard InChI is InChI=1S/C23H23F3N4O3/c1-4-33-20-8-6-15(12-27-20)18-10-19(31)30-21(29-18)16-9-14(11-28-22(32)13(2)3)5-7-17(16)23(24,25)26/h5-10,12-13H,4,11H2,1-3H3,(H,28,32)(H,29,30,31). The van der Waals surface area contributed by atoms with Gasteiger partial charge in [-0.25, -0.2) is 9.97 Å². The maximum absolute atomic E-state index is 13.7. The summed E-state index contributed by atoms with van der Waals surface area (Å²) in [5.74, 6) is -0.359. The average Bonchev–Trinajstić information content (AvgIpc) is 2.76. The lowest BCUT2D eigenvalue weighted by Gasteiger charge is -2.15. The lowest BCUT2D eigenvalue weighted by atomic mass is 10.0. The molecule has 2 aromatic heterocycles. The number of hydrogen-bond donors (Lipinski definition) is 2. The number of halogens is 3. The molecule has 2 N–H and O–H groups in total. The second-order valence-electron chi connectivity index (χ2n) is 7.55. The van der Waals surface area contributed by atoms with Crippen molar-refractivity contribution in [2.75, 3.05) is 6.61 Å². The van der Waals surface area contributed by atoms with E-state index in [2.05, 4.69) is 20.3 Å². The van der Waals surface area contributed by atoms with Crippen LogP contribution in [-0.4, -0.2) is 27.5 Å². The van der Waals surface area contributed by atoms with E-state index in [0.717, 1.165) is 6.07 Å². The fourth-order valence-corrected chi connectivity index (χ4v) is 3.04. The lowest BCUT2D eigenvalue weighted by Crippen LogP contribution is -2.27. The van der Waals surface area contributed by atoms with Crippen molar-refractivity contribution < 1.29 is 22.7 Å². The van der Waals surface area contributed by atoms with E-state index in [9.17, 15) is 22.8 Å². The molecule has 0 aliphatic carbocycles. The maximum atomic E-state index is 13.7. The van der Waals surface area contributed by atoms with Crippen molar-refractivity contribution in [1.29, 1.82) is 0 Å². The third-order valence-corrected chi connectivity index (χ3v) is 4.70. The highest BCUT2D eigenvalue weighted by molar-refractivity contribution is 5.78. The van der Waals surface area contributed by atoms with E-state index in [-0.39, 0.29) is 35.5 Å². The second-order valence-corrected chi connectivity index (χ2v) is 7.55. The lowest BCUT2D eigenvalue weighted by molar-refractivity contribution is -0.137. The number of carbonyl (C=O) groups is 1. The van der Waals surface area contributed by atoms with Crippen LogP contribution in [0.15, 0.2) is 47.4 Å². The number of ether oxygens (including phenoxy) is 1. The second kappa shape index (κ2) is 9.85. The van der Waals surface area contributed by atoms with Gasteiger partial charge in [-0.3, -0.25) is 9.59 Å². The molecule has 0 bridgehead atoms. The van der Waals surface area contributed by atoms with E-state index in [1.807, 2.05) is 0 Å². The number of carbonyl (C=O) groups excluding carboxylic acids is 1. The van der Waals surface area contributed by atoms with Crippen molar-refractivity contribution in [1.82, 2.24) is 20.3 Å². The van der Waals surface area contributed by atoms with Gasteiger partial charge in [0.25, 0.3) is 5.56 Å². The fraction of sp³-hybridized carbons (Fsp3) is 0.304. The summed E-state index contributed by atoms with van der Waals surface area (Å²) in [5.41, 5.74) is -0.822. The molecule has 0 radical (unpaired) electrons. The van der Waals surface area contributed by atoms with Crippen LogP contribution in [0.25, 0.3) is 22.6 Å². The predicted octanol–water partition coefficient (Wildman–Crippen LogP) is 4.19. The number of nitrogens with zero attached hydrogens (tertiary/aromatic N) is 2. The number of H-pyrrole nitrogens is 1. The van der Waals surface area contributed by atoms with Crippen molar-refractivity contribution >= 4 is 5.91 Å². The van der Waals surface area contributed by atoms with E-state index < -0.39 is 17.3 Å². The quantitative estimate of drug-likeness (QED) is 0.551. The summed E-state index contributed by atoms with van der Waals surface area (Å²) < 4.78 is 46.4. The van der Waals surface area contributed by atoms with Crippen LogP contribution in [-0.2, 0) is 17.5 Å². The van der Waals surface area contributed by atoms with Crippen LogP contribution in [0.2, 0.25) is 0 Å². The summed E-state index contributed by atoms with van der Waals surface area (Å²) in [5, 5.41) is 2.67. The van der Waals surface area contributed by atoms with Crippen LogP contribution < -0.4 is 15.6 Å². The Kier molecular flexibility index (Phi) is 7.15. The Bertz CT molecular complexity index is 1190. The zero-order chi connectivity index (χ0) is 24.2. The molecule has 0 aliphatic rings. The zero-order valence-electron chi connectivity index (χ0n) is 18.3. The van der Waals surface area contributed by atoms with Crippen molar-refractivity contribution in [3.8, 4) is 28.5 Å². The van der Waals surface area contributed by atoms with Gasteiger partial charge in [0.15, 0.2) is 0 Å². The minimum atomic E-state index is -4.68. The van der Waals surface area contributed by atoms with Crippen molar-refractivity contribution in [3.05, 3.63) is 64.1 Å². The molecule has 174 valence electrons. The molecule has 10 heteroatoms. The van der Waals surface area contributed by atoms with Gasteiger partial charge in [-0.1, -0.05) is 19.9 Å². The van der Waals surface area contributed by atoms with E-state index in [1.54, 1.807) is 32.9 Å². The molecule has 0 atom stereocenters. The first-order valence-corrected chi connectivity index (χ1v) is 10.3. The largest absolute Gasteiger partial charge is 0.478 e. The Labute approximate surface area is 188 Å². The molecule has 0 aliphatic heterocycles. The molecule has 1 aromatic carbocycles. The van der Waals surface area contributed by atoms with Crippen LogP contribution in [0.4, 0.5) is 13.2 Å². The highest BCUT2D eigenvalue weighted by Crippen LogP contribution is 2.36. The molecule has 3 rings (SSSR count).